The van der Waals surface area contributed by atoms with E-state index in [0.29, 0.717) is 0 Å². The fourth-order valence-corrected chi connectivity index (χ4v) is 3.18. The monoisotopic (exact) mass is 323 g/mol. The fourth-order valence-electron chi connectivity index (χ4n) is 3.18. The predicted molar refractivity (Wildman–Crippen MR) is 92.3 cm³/mol. The van der Waals surface area contributed by atoms with Gasteiger partial charge in [-0.2, -0.15) is 5.10 Å². The van der Waals surface area contributed by atoms with Crippen molar-refractivity contribution in [3.63, 3.8) is 0 Å². The summed E-state index contributed by atoms with van der Waals surface area (Å²) in [6, 6.07) is 0. The van der Waals surface area contributed by atoms with Crippen LogP contribution in [-0.2, 0) is 7.05 Å². The van der Waals surface area contributed by atoms with Crippen LogP contribution in [0.5, 0.6) is 0 Å². The van der Waals surface area contributed by atoms with Crippen molar-refractivity contribution in [1.29, 1.82) is 0 Å². The molecular weight excluding hydrogens is 302 g/mol. The molecule has 1 fully saturated rings. The Kier molecular flexibility index (Phi) is 3.55. The van der Waals surface area contributed by atoms with E-state index in [4.69, 9.17) is 5.10 Å². The predicted octanol–water partition coefficient (Wildman–Crippen LogP) is 2.28. The Bertz CT molecular complexity index is 854. The van der Waals surface area contributed by atoms with Gasteiger partial charge in [0.2, 0.25) is 0 Å². The third kappa shape index (κ3) is 2.36. The van der Waals surface area contributed by atoms with E-state index in [-0.39, 0.29) is 0 Å². The van der Waals surface area contributed by atoms with E-state index in [2.05, 4.69) is 31.3 Å². The molecule has 0 bridgehead atoms. The second-order valence-corrected chi connectivity index (χ2v) is 6.24. The molecule has 1 aliphatic heterocycles. The number of hydrogen-bond acceptors (Lipinski definition) is 5. The second kappa shape index (κ2) is 5.74. The highest BCUT2D eigenvalue weighted by molar-refractivity contribution is 5.65. The van der Waals surface area contributed by atoms with Crippen molar-refractivity contribution in [3.8, 4) is 17.2 Å². The number of nitrogens with zero attached hydrogens (tertiary/aromatic N) is 7. The lowest BCUT2D eigenvalue weighted by Crippen LogP contribution is -2.20. The van der Waals surface area contributed by atoms with E-state index in [1.165, 1.54) is 12.8 Å². The molecule has 7 nitrogen and oxygen atoms in total. The lowest BCUT2D eigenvalue weighted by Gasteiger charge is -2.17. The first-order chi connectivity index (χ1) is 11.6. The van der Waals surface area contributed by atoms with Crippen LogP contribution in [-0.4, -0.2) is 42.4 Å². The zero-order valence-corrected chi connectivity index (χ0v) is 14.3. The largest absolute Gasteiger partial charge is 0.353 e. The minimum absolute atomic E-state index is 0.765. The van der Waals surface area contributed by atoms with E-state index in [1.807, 2.05) is 24.9 Å². The van der Waals surface area contributed by atoms with E-state index >= 15 is 0 Å². The Balaban J connectivity index is 1.86. The first kappa shape index (κ1) is 14.9. The summed E-state index contributed by atoms with van der Waals surface area (Å²) < 4.78 is 4.02. The summed E-state index contributed by atoms with van der Waals surface area (Å²) in [5.41, 5.74) is 3.85. The molecule has 4 rings (SSSR count). The summed E-state index contributed by atoms with van der Waals surface area (Å²) in [6.45, 7) is 6.13. The van der Waals surface area contributed by atoms with Crippen molar-refractivity contribution in [2.24, 2.45) is 7.05 Å². The van der Waals surface area contributed by atoms with Crippen LogP contribution in [0.2, 0.25) is 0 Å². The Morgan fingerprint density at radius 3 is 2.50 bits per heavy atom. The van der Waals surface area contributed by atoms with Gasteiger partial charge in [0.15, 0.2) is 11.6 Å². The van der Waals surface area contributed by atoms with Gasteiger partial charge >= 0.3 is 0 Å². The van der Waals surface area contributed by atoms with Crippen LogP contribution in [0.1, 0.15) is 24.2 Å². The van der Waals surface area contributed by atoms with E-state index in [1.54, 1.807) is 18.6 Å². The van der Waals surface area contributed by atoms with Crippen LogP contribution < -0.4 is 4.90 Å². The van der Waals surface area contributed by atoms with Gasteiger partial charge in [0, 0.05) is 38.7 Å². The summed E-state index contributed by atoms with van der Waals surface area (Å²) in [6.07, 6.45) is 9.75. The summed E-state index contributed by atoms with van der Waals surface area (Å²) >= 11 is 0. The number of imidazole rings is 1. The number of anilines is 1. The van der Waals surface area contributed by atoms with Crippen molar-refractivity contribution < 1.29 is 0 Å². The first-order valence-corrected chi connectivity index (χ1v) is 8.26. The Hall–Kier alpha value is -2.70. The SMILES string of the molecule is Cc1cnc(-c2nccn2-c2c(N3CCCC3)nn(C)c2C)cn1. The molecule has 0 saturated carbocycles. The zero-order valence-electron chi connectivity index (χ0n) is 14.3. The third-order valence-corrected chi connectivity index (χ3v) is 4.58. The van der Waals surface area contributed by atoms with Gasteiger partial charge in [0.05, 0.1) is 17.6 Å². The van der Waals surface area contributed by atoms with Crippen LogP contribution >= 0.6 is 0 Å². The van der Waals surface area contributed by atoms with Gasteiger partial charge in [-0.05, 0) is 26.7 Å². The maximum Gasteiger partial charge on any atom is 0.175 e. The molecule has 0 aliphatic carbocycles. The van der Waals surface area contributed by atoms with E-state index < -0.39 is 0 Å². The molecule has 0 aromatic carbocycles. The van der Waals surface area contributed by atoms with Gasteiger partial charge in [-0.25, -0.2) is 9.97 Å². The molecule has 0 spiro atoms. The van der Waals surface area contributed by atoms with Gasteiger partial charge in [-0.3, -0.25) is 14.2 Å². The molecule has 1 aliphatic rings. The standard InChI is InChI=1S/C17H21N7/c1-12-10-20-14(11-19-12)16-18-6-9-24(16)15-13(2)22(3)21-17(15)23-7-4-5-8-23/h6,9-11H,4-5,7-8H2,1-3H3. The summed E-state index contributed by atoms with van der Waals surface area (Å²) in [5.74, 6) is 1.81. The van der Waals surface area contributed by atoms with Crippen molar-refractivity contribution in [2.45, 2.75) is 26.7 Å². The molecule has 24 heavy (non-hydrogen) atoms. The van der Waals surface area contributed by atoms with Crippen molar-refractivity contribution >= 4 is 5.82 Å². The molecule has 7 heteroatoms. The second-order valence-electron chi connectivity index (χ2n) is 6.24. The molecule has 0 unspecified atom stereocenters. The number of rotatable bonds is 3. The Morgan fingerprint density at radius 1 is 1.00 bits per heavy atom. The summed E-state index contributed by atoms with van der Waals surface area (Å²) in [4.78, 5) is 15.7. The maximum atomic E-state index is 4.75. The van der Waals surface area contributed by atoms with E-state index in [0.717, 1.165) is 47.5 Å². The first-order valence-electron chi connectivity index (χ1n) is 8.26. The normalized spacial score (nSPS) is 14.5. The van der Waals surface area contributed by atoms with Gasteiger partial charge in [0.25, 0.3) is 0 Å². The third-order valence-electron chi connectivity index (χ3n) is 4.58. The molecule has 124 valence electrons. The average molecular weight is 323 g/mol. The minimum atomic E-state index is 0.765. The topological polar surface area (TPSA) is 64.7 Å². The molecule has 4 heterocycles. The zero-order chi connectivity index (χ0) is 16.7. The van der Waals surface area contributed by atoms with Crippen molar-refractivity contribution in [3.05, 3.63) is 36.2 Å². The molecule has 0 N–H and O–H groups in total. The van der Waals surface area contributed by atoms with Crippen LogP contribution in [0.3, 0.4) is 0 Å². The molecule has 3 aromatic heterocycles. The van der Waals surface area contributed by atoms with Gasteiger partial charge in [-0.15, -0.1) is 0 Å². The lowest BCUT2D eigenvalue weighted by atomic mass is 10.3. The maximum absolute atomic E-state index is 4.75. The molecule has 1 saturated heterocycles. The van der Waals surface area contributed by atoms with Crippen molar-refractivity contribution in [1.82, 2.24) is 29.3 Å². The van der Waals surface area contributed by atoms with Gasteiger partial charge in [0.1, 0.15) is 11.4 Å². The van der Waals surface area contributed by atoms with Crippen LogP contribution in [0, 0.1) is 13.8 Å². The molecule has 3 aromatic rings. The summed E-state index contributed by atoms with van der Waals surface area (Å²) in [5, 5.41) is 4.75. The molecule has 0 radical (unpaired) electrons. The highest BCUT2D eigenvalue weighted by atomic mass is 15.4. The van der Waals surface area contributed by atoms with E-state index in [9.17, 15) is 0 Å². The number of hydrogen-bond donors (Lipinski definition) is 0. The smallest absolute Gasteiger partial charge is 0.175 e. The highest BCUT2D eigenvalue weighted by Crippen LogP contribution is 2.31. The molecular formula is C17H21N7. The number of aryl methyl sites for hydroxylation is 2. The molecule has 0 atom stereocenters. The minimum Gasteiger partial charge on any atom is -0.353 e. The molecule has 0 amide bonds. The lowest BCUT2D eigenvalue weighted by molar-refractivity contribution is 0.730. The van der Waals surface area contributed by atoms with Gasteiger partial charge < -0.3 is 4.90 Å². The van der Waals surface area contributed by atoms with Gasteiger partial charge in [-0.1, -0.05) is 0 Å². The highest BCUT2D eigenvalue weighted by Gasteiger charge is 2.24. The van der Waals surface area contributed by atoms with Crippen LogP contribution in [0.4, 0.5) is 5.82 Å². The Labute approximate surface area is 141 Å². The fraction of sp³-hybridized carbons (Fsp3) is 0.412. The average Bonchev–Trinajstić information content (AvgIpc) is 3.30. The Morgan fingerprint density at radius 2 is 1.79 bits per heavy atom. The van der Waals surface area contributed by atoms with Crippen molar-refractivity contribution in [2.75, 3.05) is 18.0 Å². The summed E-state index contributed by atoms with van der Waals surface area (Å²) in [7, 11) is 1.99. The quantitative estimate of drug-likeness (QED) is 0.740. The number of aromatic nitrogens is 6. The van der Waals surface area contributed by atoms with Crippen LogP contribution in [0.25, 0.3) is 17.2 Å². The van der Waals surface area contributed by atoms with Crippen LogP contribution in [0.15, 0.2) is 24.8 Å².